The molecule has 0 saturated carbocycles. The molecular weight excluding hydrogens is 368 g/mol. The first kappa shape index (κ1) is 18.6. The van der Waals surface area contributed by atoms with E-state index in [0.717, 1.165) is 22.6 Å². The lowest BCUT2D eigenvalue weighted by atomic mass is 10.1. The van der Waals surface area contributed by atoms with Crippen molar-refractivity contribution < 1.29 is 9.72 Å². The van der Waals surface area contributed by atoms with Crippen molar-refractivity contribution in [3.05, 3.63) is 80.1 Å². The fourth-order valence-electron chi connectivity index (χ4n) is 2.68. The van der Waals surface area contributed by atoms with Gasteiger partial charge in [0.15, 0.2) is 0 Å². The Labute approximate surface area is 160 Å². The monoisotopic (exact) mass is 384 g/mol. The number of hydrogen-bond donors (Lipinski definition) is 1. The number of anilines is 1. The number of nitro benzene ring substituents is 1. The molecule has 0 fully saturated rings. The number of rotatable bonds is 4. The molecule has 0 atom stereocenters. The van der Waals surface area contributed by atoms with Crippen LogP contribution < -0.4 is 5.32 Å². The summed E-state index contributed by atoms with van der Waals surface area (Å²) in [4.78, 5) is 22.9. The van der Waals surface area contributed by atoms with E-state index in [9.17, 15) is 14.9 Å². The molecule has 138 valence electrons. The van der Waals surface area contributed by atoms with Gasteiger partial charge < -0.3 is 5.32 Å². The molecule has 0 aliphatic heterocycles. The van der Waals surface area contributed by atoms with E-state index in [1.807, 2.05) is 13.8 Å². The van der Waals surface area contributed by atoms with Crippen molar-refractivity contribution >= 4 is 28.9 Å². The Bertz CT molecular complexity index is 1040. The molecule has 27 heavy (non-hydrogen) atoms. The average molecular weight is 385 g/mol. The first-order valence-electron chi connectivity index (χ1n) is 8.16. The van der Waals surface area contributed by atoms with E-state index in [1.54, 1.807) is 41.9 Å². The Morgan fingerprint density at radius 2 is 1.81 bits per heavy atom. The highest BCUT2D eigenvalue weighted by molar-refractivity contribution is 6.31. The number of nitrogens with zero attached hydrogens (tertiary/aromatic N) is 3. The molecule has 7 nitrogen and oxygen atoms in total. The van der Waals surface area contributed by atoms with Crippen LogP contribution in [-0.2, 0) is 0 Å². The number of nitro groups is 1. The minimum Gasteiger partial charge on any atom is -0.321 e. The zero-order valence-corrected chi connectivity index (χ0v) is 15.7. The Balaban J connectivity index is 1.83. The van der Waals surface area contributed by atoms with Gasteiger partial charge in [-0.05, 0) is 50.6 Å². The van der Waals surface area contributed by atoms with Gasteiger partial charge in [-0.2, -0.15) is 5.10 Å². The molecule has 0 unspecified atom stereocenters. The fraction of sp³-hybridized carbons (Fsp3) is 0.158. The summed E-state index contributed by atoms with van der Waals surface area (Å²) in [6.45, 7) is 5.47. The van der Waals surface area contributed by atoms with Crippen LogP contribution in [0, 0.1) is 30.9 Å². The molecule has 0 radical (unpaired) electrons. The van der Waals surface area contributed by atoms with Gasteiger partial charge in [0.05, 0.1) is 32.7 Å². The van der Waals surface area contributed by atoms with E-state index in [2.05, 4.69) is 10.4 Å². The number of benzene rings is 2. The van der Waals surface area contributed by atoms with Gasteiger partial charge in [-0.3, -0.25) is 14.9 Å². The lowest BCUT2D eigenvalue weighted by Crippen LogP contribution is -2.13. The topological polar surface area (TPSA) is 90.1 Å². The summed E-state index contributed by atoms with van der Waals surface area (Å²) < 4.78 is 1.71. The van der Waals surface area contributed by atoms with Crippen LogP contribution in [0.2, 0.25) is 5.02 Å². The van der Waals surface area contributed by atoms with Gasteiger partial charge in [0.25, 0.3) is 11.6 Å². The highest BCUT2D eigenvalue weighted by Crippen LogP contribution is 2.24. The van der Waals surface area contributed by atoms with Crippen molar-refractivity contribution in [2.45, 2.75) is 20.8 Å². The first-order valence-corrected chi connectivity index (χ1v) is 8.54. The average Bonchev–Trinajstić information content (AvgIpc) is 2.91. The largest absolute Gasteiger partial charge is 0.321 e. The molecule has 3 rings (SSSR count). The number of nitrogens with one attached hydrogen (secondary N) is 1. The standard InChI is InChI=1S/C19H17ClN4O3/c1-11-4-7-16(24(26)27)10-17(11)21-19(25)14-5-8-15(9-6-14)23-13(3)18(20)12(2)22-23/h4-10H,1-3H3,(H,21,25). The predicted octanol–water partition coefficient (Wildman–Crippen LogP) is 4.61. The lowest BCUT2D eigenvalue weighted by Gasteiger charge is -2.09. The molecule has 1 N–H and O–H groups in total. The summed E-state index contributed by atoms with van der Waals surface area (Å²) in [5.74, 6) is -0.350. The smallest absolute Gasteiger partial charge is 0.271 e. The fourth-order valence-corrected chi connectivity index (χ4v) is 2.80. The number of aryl methyl sites for hydroxylation is 2. The van der Waals surface area contributed by atoms with Crippen LogP contribution in [0.3, 0.4) is 0 Å². The highest BCUT2D eigenvalue weighted by Gasteiger charge is 2.14. The first-order chi connectivity index (χ1) is 12.8. The van der Waals surface area contributed by atoms with Crippen molar-refractivity contribution in [1.82, 2.24) is 9.78 Å². The van der Waals surface area contributed by atoms with Crippen LogP contribution >= 0.6 is 11.6 Å². The highest BCUT2D eigenvalue weighted by atomic mass is 35.5. The van der Waals surface area contributed by atoms with E-state index >= 15 is 0 Å². The summed E-state index contributed by atoms with van der Waals surface area (Å²) >= 11 is 6.17. The number of amides is 1. The van der Waals surface area contributed by atoms with E-state index < -0.39 is 4.92 Å². The maximum absolute atomic E-state index is 12.5. The second-order valence-electron chi connectivity index (χ2n) is 6.15. The van der Waals surface area contributed by atoms with Crippen molar-refractivity contribution in [1.29, 1.82) is 0 Å². The van der Waals surface area contributed by atoms with E-state index in [4.69, 9.17) is 11.6 Å². The van der Waals surface area contributed by atoms with Crippen molar-refractivity contribution in [3.63, 3.8) is 0 Å². The zero-order valence-electron chi connectivity index (χ0n) is 15.0. The number of halogens is 1. The van der Waals surface area contributed by atoms with Crippen LogP contribution in [-0.4, -0.2) is 20.6 Å². The third-order valence-electron chi connectivity index (χ3n) is 4.26. The third kappa shape index (κ3) is 3.68. The molecule has 0 aliphatic carbocycles. The predicted molar refractivity (Wildman–Crippen MR) is 104 cm³/mol. The number of carbonyl (C=O) groups excluding carboxylic acids is 1. The molecule has 0 aliphatic rings. The summed E-state index contributed by atoms with van der Waals surface area (Å²) in [7, 11) is 0. The quantitative estimate of drug-likeness (QED) is 0.525. The number of hydrogen-bond acceptors (Lipinski definition) is 4. The molecule has 1 aromatic heterocycles. The second-order valence-corrected chi connectivity index (χ2v) is 6.53. The third-order valence-corrected chi connectivity index (χ3v) is 4.80. The molecular formula is C19H17ClN4O3. The van der Waals surface area contributed by atoms with Crippen LogP contribution in [0.15, 0.2) is 42.5 Å². The van der Waals surface area contributed by atoms with Crippen molar-refractivity contribution in [3.8, 4) is 5.69 Å². The Morgan fingerprint density at radius 1 is 1.15 bits per heavy atom. The van der Waals surface area contributed by atoms with Crippen LogP contribution in [0.25, 0.3) is 5.69 Å². The summed E-state index contributed by atoms with van der Waals surface area (Å²) in [6.07, 6.45) is 0. The van der Waals surface area contributed by atoms with Crippen LogP contribution in [0.4, 0.5) is 11.4 Å². The van der Waals surface area contributed by atoms with E-state index in [1.165, 1.54) is 12.1 Å². The van der Waals surface area contributed by atoms with Crippen molar-refractivity contribution in [2.75, 3.05) is 5.32 Å². The van der Waals surface area contributed by atoms with Gasteiger partial charge >= 0.3 is 0 Å². The van der Waals surface area contributed by atoms with Gasteiger partial charge in [-0.25, -0.2) is 4.68 Å². The van der Waals surface area contributed by atoms with Crippen LogP contribution in [0.1, 0.15) is 27.3 Å². The Morgan fingerprint density at radius 3 is 2.37 bits per heavy atom. The molecule has 0 spiro atoms. The van der Waals surface area contributed by atoms with E-state index in [0.29, 0.717) is 16.3 Å². The summed E-state index contributed by atoms with van der Waals surface area (Å²) in [5.41, 5.74) is 3.83. The van der Waals surface area contributed by atoms with Gasteiger partial charge in [-0.15, -0.1) is 0 Å². The van der Waals surface area contributed by atoms with Crippen LogP contribution in [0.5, 0.6) is 0 Å². The zero-order chi connectivity index (χ0) is 19.7. The number of non-ortho nitro benzene ring substituents is 1. The molecule has 1 heterocycles. The molecule has 0 bridgehead atoms. The minimum atomic E-state index is -0.497. The number of aromatic nitrogens is 2. The summed E-state index contributed by atoms with van der Waals surface area (Å²) in [6, 6.07) is 11.2. The molecule has 0 saturated heterocycles. The SMILES string of the molecule is Cc1ccc([N+](=O)[O-])cc1NC(=O)c1ccc(-n2nc(C)c(Cl)c2C)cc1. The van der Waals surface area contributed by atoms with E-state index in [-0.39, 0.29) is 11.6 Å². The summed E-state index contributed by atoms with van der Waals surface area (Å²) in [5, 5.41) is 18.6. The molecule has 1 amide bonds. The van der Waals surface area contributed by atoms with Gasteiger partial charge in [0.2, 0.25) is 0 Å². The Hall–Kier alpha value is -3.19. The van der Waals surface area contributed by atoms with Gasteiger partial charge in [0, 0.05) is 17.7 Å². The molecule has 8 heteroatoms. The maximum Gasteiger partial charge on any atom is 0.271 e. The minimum absolute atomic E-state index is 0.0762. The van der Waals surface area contributed by atoms with Gasteiger partial charge in [0.1, 0.15) is 0 Å². The molecule has 3 aromatic rings. The number of carbonyl (C=O) groups is 1. The Kier molecular flexibility index (Phi) is 4.96. The lowest BCUT2D eigenvalue weighted by molar-refractivity contribution is -0.384. The normalized spacial score (nSPS) is 10.7. The van der Waals surface area contributed by atoms with Gasteiger partial charge in [-0.1, -0.05) is 17.7 Å². The van der Waals surface area contributed by atoms with Crippen molar-refractivity contribution in [2.24, 2.45) is 0 Å². The maximum atomic E-state index is 12.5. The second kappa shape index (κ2) is 7.20. The molecule has 2 aromatic carbocycles.